The molecule has 7 nitrogen and oxygen atoms in total. The van der Waals surface area contributed by atoms with Gasteiger partial charge < -0.3 is 20.5 Å². The van der Waals surface area contributed by atoms with Crippen LogP contribution in [0.5, 0.6) is 11.5 Å². The lowest BCUT2D eigenvalue weighted by atomic mass is 10.1. The molecule has 1 saturated heterocycles. The van der Waals surface area contributed by atoms with Crippen molar-refractivity contribution in [1.29, 1.82) is 0 Å². The van der Waals surface area contributed by atoms with Crippen molar-refractivity contribution in [3.8, 4) is 11.5 Å². The average molecular weight is 335 g/mol. The van der Waals surface area contributed by atoms with Crippen LogP contribution in [0.25, 0.3) is 0 Å². The Bertz CT molecular complexity index is 605. The Morgan fingerprint density at radius 2 is 2.04 bits per heavy atom. The summed E-state index contributed by atoms with van der Waals surface area (Å²) in [5, 5.41) is 2.92. The molecule has 3 N–H and O–H groups in total. The minimum Gasteiger partial charge on any atom is -0.493 e. The van der Waals surface area contributed by atoms with E-state index >= 15 is 0 Å². The second kappa shape index (κ2) is 8.01. The first-order valence-electron chi connectivity index (χ1n) is 7.98. The van der Waals surface area contributed by atoms with E-state index in [1.54, 1.807) is 14.2 Å². The van der Waals surface area contributed by atoms with E-state index in [0.29, 0.717) is 37.6 Å². The van der Waals surface area contributed by atoms with Crippen molar-refractivity contribution in [1.82, 2.24) is 10.2 Å². The Morgan fingerprint density at radius 1 is 1.33 bits per heavy atom. The number of nitrogens with zero attached hydrogens (tertiary/aromatic N) is 1. The zero-order chi connectivity index (χ0) is 17.7. The summed E-state index contributed by atoms with van der Waals surface area (Å²) in [6.45, 7) is 3.49. The maximum atomic E-state index is 12.3. The molecular weight excluding hydrogens is 310 g/mol. The maximum Gasteiger partial charge on any atom is 0.237 e. The van der Waals surface area contributed by atoms with Crippen molar-refractivity contribution >= 4 is 11.8 Å². The molecule has 0 bridgehead atoms. The van der Waals surface area contributed by atoms with E-state index < -0.39 is 0 Å². The third-order valence-electron chi connectivity index (χ3n) is 4.46. The zero-order valence-corrected chi connectivity index (χ0v) is 14.4. The summed E-state index contributed by atoms with van der Waals surface area (Å²) in [7, 11) is 3.15. The second-order valence-corrected chi connectivity index (χ2v) is 5.97. The number of hydrogen-bond donors (Lipinski definition) is 2. The Hall–Kier alpha value is -2.28. The molecule has 1 aromatic rings. The minimum atomic E-state index is -0.297. The van der Waals surface area contributed by atoms with E-state index in [4.69, 9.17) is 15.2 Å². The van der Waals surface area contributed by atoms with Crippen molar-refractivity contribution in [2.24, 2.45) is 11.7 Å². The Kier molecular flexibility index (Phi) is 6.03. The van der Waals surface area contributed by atoms with Crippen LogP contribution < -0.4 is 20.5 Å². The summed E-state index contributed by atoms with van der Waals surface area (Å²) >= 11 is 0. The van der Waals surface area contributed by atoms with Gasteiger partial charge in [0.15, 0.2) is 11.5 Å². The van der Waals surface area contributed by atoms with Crippen LogP contribution in [-0.4, -0.2) is 50.1 Å². The second-order valence-electron chi connectivity index (χ2n) is 5.97. The predicted octanol–water partition coefficient (Wildman–Crippen LogP) is 0.516. The normalized spacial score (nSPS) is 18.9. The van der Waals surface area contributed by atoms with Gasteiger partial charge in [0.05, 0.1) is 26.2 Å². The smallest absolute Gasteiger partial charge is 0.237 e. The number of rotatable bonds is 7. The maximum absolute atomic E-state index is 12.3. The fourth-order valence-electron chi connectivity index (χ4n) is 2.86. The Balaban J connectivity index is 1.90. The highest BCUT2D eigenvalue weighted by Gasteiger charge is 2.32. The van der Waals surface area contributed by atoms with Gasteiger partial charge in [-0.2, -0.15) is 0 Å². The minimum absolute atomic E-state index is 0.0742. The molecule has 0 radical (unpaired) electrons. The summed E-state index contributed by atoms with van der Waals surface area (Å²) in [5.41, 5.74) is 6.25. The number of amides is 2. The quantitative estimate of drug-likeness (QED) is 0.757. The number of carbonyl (C=O) groups excluding carboxylic acids is 2. The SMILES string of the molecule is COc1ccc(CNC(=O)[C@H](C)N2CC[C@H](C(N)=O)C2)cc1OC. The largest absolute Gasteiger partial charge is 0.493 e. The summed E-state index contributed by atoms with van der Waals surface area (Å²) < 4.78 is 10.5. The molecule has 1 aliphatic heterocycles. The zero-order valence-electron chi connectivity index (χ0n) is 14.4. The highest BCUT2D eigenvalue weighted by Crippen LogP contribution is 2.27. The molecule has 0 saturated carbocycles. The number of ether oxygens (including phenoxy) is 2. The molecule has 2 amide bonds. The van der Waals surface area contributed by atoms with Gasteiger partial charge in [-0.05, 0) is 37.6 Å². The van der Waals surface area contributed by atoms with Crippen molar-refractivity contribution < 1.29 is 19.1 Å². The first kappa shape index (κ1) is 18.1. The Labute approximate surface area is 142 Å². The predicted molar refractivity (Wildman–Crippen MR) is 89.7 cm³/mol. The van der Waals surface area contributed by atoms with Gasteiger partial charge in [0.25, 0.3) is 0 Å². The van der Waals surface area contributed by atoms with Gasteiger partial charge in [0, 0.05) is 13.1 Å². The number of nitrogens with two attached hydrogens (primary N) is 1. The highest BCUT2D eigenvalue weighted by atomic mass is 16.5. The van der Waals surface area contributed by atoms with E-state index in [1.807, 2.05) is 30.0 Å². The van der Waals surface area contributed by atoms with Gasteiger partial charge in [-0.15, -0.1) is 0 Å². The van der Waals surface area contributed by atoms with Crippen LogP contribution in [0.4, 0.5) is 0 Å². The van der Waals surface area contributed by atoms with E-state index in [9.17, 15) is 9.59 Å². The fraction of sp³-hybridized carbons (Fsp3) is 0.529. The number of nitrogens with one attached hydrogen (secondary N) is 1. The fourth-order valence-corrected chi connectivity index (χ4v) is 2.86. The molecule has 2 rings (SSSR count). The van der Waals surface area contributed by atoms with Gasteiger partial charge in [0.2, 0.25) is 11.8 Å². The lowest BCUT2D eigenvalue weighted by Crippen LogP contribution is -2.44. The highest BCUT2D eigenvalue weighted by molar-refractivity contribution is 5.82. The lowest BCUT2D eigenvalue weighted by Gasteiger charge is -2.23. The third-order valence-corrected chi connectivity index (χ3v) is 4.46. The van der Waals surface area contributed by atoms with Gasteiger partial charge in [0.1, 0.15) is 0 Å². The van der Waals surface area contributed by atoms with Crippen molar-refractivity contribution in [2.45, 2.75) is 25.9 Å². The molecule has 1 fully saturated rings. The summed E-state index contributed by atoms with van der Waals surface area (Å²) in [6.07, 6.45) is 0.711. The number of benzene rings is 1. The molecule has 0 unspecified atom stereocenters. The molecule has 0 aromatic heterocycles. The van der Waals surface area contributed by atoms with Crippen LogP contribution in [0.3, 0.4) is 0 Å². The monoisotopic (exact) mass is 335 g/mol. The molecule has 1 aliphatic rings. The average Bonchev–Trinajstić information content (AvgIpc) is 3.08. The number of carbonyl (C=O) groups is 2. The van der Waals surface area contributed by atoms with Crippen LogP contribution in [0, 0.1) is 5.92 Å². The molecular formula is C17H25N3O4. The number of methoxy groups -OCH3 is 2. The summed E-state index contributed by atoms with van der Waals surface area (Å²) in [4.78, 5) is 25.6. The van der Waals surface area contributed by atoms with Crippen LogP contribution in [0.15, 0.2) is 18.2 Å². The standard InChI is InChI=1S/C17H25N3O4/c1-11(20-7-6-13(10-20)16(18)21)17(22)19-9-12-4-5-14(23-2)15(8-12)24-3/h4-5,8,11,13H,6-7,9-10H2,1-3H3,(H2,18,21)(H,19,22)/t11-,13-/m0/s1. The molecule has 1 heterocycles. The summed E-state index contributed by atoms with van der Waals surface area (Å²) in [5.74, 6) is 0.744. The molecule has 0 aliphatic carbocycles. The molecule has 7 heteroatoms. The molecule has 132 valence electrons. The Morgan fingerprint density at radius 3 is 2.62 bits per heavy atom. The van der Waals surface area contributed by atoms with E-state index in [2.05, 4.69) is 5.32 Å². The van der Waals surface area contributed by atoms with Crippen molar-refractivity contribution in [3.05, 3.63) is 23.8 Å². The first-order valence-corrected chi connectivity index (χ1v) is 7.98. The third kappa shape index (κ3) is 4.17. The van der Waals surface area contributed by atoms with E-state index in [1.165, 1.54) is 0 Å². The van der Waals surface area contributed by atoms with Gasteiger partial charge in [-0.1, -0.05) is 6.07 Å². The van der Waals surface area contributed by atoms with Crippen LogP contribution in [-0.2, 0) is 16.1 Å². The molecule has 0 spiro atoms. The number of likely N-dealkylation sites (tertiary alicyclic amines) is 1. The van der Waals surface area contributed by atoms with Gasteiger partial charge >= 0.3 is 0 Å². The van der Waals surface area contributed by atoms with E-state index in [0.717, 1.165) is 5.56 Å². The first-order chi connectivity index (χ1) is 11.5. The van der Waals surface area contributed by atoms with E-state index in [-0.39, 0.29) is 23.8 Å². The van der Waals surface area contributed by atoms with Gasteiger partial charge in [-0.25, -0.2) is 0 Å². The summed E-state index contributed by atoms with van der Waals surface area (Å²) in [6, 6.07) is 5.23. The van der Waals surface area contributed by atoms with Crippen molar-refractivity contribution in [3.63, 3.8) is 0 Å². The van der Waals surface area contributed by atoms with Crippen LogP contribution in [0.2, 0.25) is 0 Å². The van der Waals surface area contributed by atoms with Crippen molar-refractivity contribution in [2.75, 3.05) is 27.3 Å². The molecule has 24 heavy (non-hydrogen) atoms. The van der Waals surface area contributed by atoms with Crippen LogP contribution in [0.1, 0.15) is 18.9 Å². The van der Waals surface area contributed by atoms with Gasteiger partial charge in [-0.3, -0.25) is 14.5 Å². The molecule has 1 aromatic carbocycles. The topological polar surface area (TPSA) is 93.9 Å². The molecule has 2 atom stereocenters. The lowest BCUT2D eigenvalue weighted by molar-refractivity contribution is -0.126. The number of hydrogen-bond acceptors (Lipinski definition) is 5. The number of primary amides is 1. The van der Waals surface area contributed by atoms with Crippen LogP contribution >= 0.6 is 0 Å².